The summed E-state index contributed by atoms with van der Waals surface area (Å²) in [6.45, 7) is 0. The van der Waals surface area contributed by atoms with Crippen LogP contribution in [-0.4, -0.2) is 20.3 Å². The fourth-order valence-corrected chi connectivity index (χ4v) is 6.72. The second kappa shape index (κ2) is 13.0. The Morgan fingerprint density at radius 3 is 2.11 bits per heavy atom. The van der Waals surface area contributed by atoms with E-state index in [0.29, 0.717) is 18.4 Å². The van der Waals surface area contributed by atoms with E-state index in [1.54, 1.807) is 36.4 Å². The van der Waals surface area contributed by atoms with E-state index in [2.05, 4.69) is 41.3 Å². The van der Waals surface area contributed by atoms with Crippen molar-refractivity contribution in [2.75, 3.05) is 4.90 Å². The van der Waals surface area contributed by atoms with E-state index in [0.717, 1.165) is 51.3 Å². The van der Waals surface area contributed by atoms with Crippen LogP contribution in [0.3, 0.4) is 0 Å². The number of benzene rings is 5. The maximum absolute atomic E-state index is 13.4. The van der Waals surface area contributed by atoms with Crippen molar-refractivity contribution in [3.8, 4) is 33.8 Å². The van der Waals surface area contributed by atoms with Crippen LogP contribution in [0.1, 0.15) is 49.0 Å². The first-order chi connectivity index (χ1) is 21.4. The highest BCUT2D eigenvalue weighted by atomic mass is 32.1. The van der Waals surface area contributed by atoms with Crippen LogP contribution in [0.5, 0.6) is 11.5 Å². The van der Waals surface area contributed by atoms with Gasteiger partial charge in [-0.3, -0.25) is 0 Å². The molecule has 6 heteroatoms. The van der Waals surface area contributed by atoms with Crippen LogP contribution >= 0.6 is 12.2 Å². The molecule has 0 amide bonds. The fraction of sp³-hybridized carbons (Fsp3) is 0.184. The van der Waals surface area contributed by atoms with Gasteiger partial charge >= 0.3 is 0 Å². The molecule has 3 atom stereocenters. The van der Waals surface area contributed by atoms with Gasteiger partial charge < -0.3 is 20.2 Å². The molecule has 1 aliphatic heterocycles. The number of hydrogen-bond acceptors (Lipinski definition) is 4. The van der Waals surface area contributed by atoms with Crippen molar-refractivity contribution in [3.63, 3.8) is 0 Å². The zero-order chi connectivity index (χ0) is 30.6. The second-order valence-corrected chi connectivity index (χ2v) is 11.9. The van der Waals surface area contributed by atoms with Crippen LogP contribution in [0, 0.1) is 11.7 Å². The molecule has 1 aliphatic rings. The highest BCUT2D eigenvalue weighted by Gasteiger charge is 2.40. The van der Waals surface area contributed by atoms with E-state index < -0.39 is 6.10 Å². The third-order valence-electron chi connectivity index (χ3n) is 8.52. The fourth-order valence-electron chi connectivity index (χ4n) is 6.29. The first-order valence-electron chi connectivity index (χ1n) is 14.9. The van der Waals surface area contributed by atoms with Crippen molar-refractivity contribution in [2.45, 2.75) is 37.8 Å². The molecule has 0 bridgehead atoms. The van der Waals surface area contributed by atoms with Crippen molar-refractivity contribution in [2.24, 2.45) is 5.92 Å². The number of phenols is 2. The molecule has 0 aromatic heterocycles. The van der Waals surface area contributed by atoms with E-state index in [-0.39, 0.29) is 29.3 Å². The van der Waals surface area contributed by atoms with Gasteiger partial charge in [0.05, 0.1) is 17.1 Å². The molecule has 1 unspecified atom stereocenters. The summed E-state index contributed by atoms with van der Waals surface area (Å²) in [4.78, 5) is 2.97. The lowest BCUT2D eigenvalue weighted by molar-refractivity contribution is 0.160. The number of hydrogen-bond donors (Lipinski definition) is 3. The third-order valence-corrected chi connectivity index (χ3v) is 8.88. The molecule has 1 saturated heterocycles. The quantitative estimate of drug-likeness (QED) is 0.147. The minimum Gasteiger partial charge on any atom is -0.508 e. The summed E-state index contributed by atoms with van der Waals surface area (Å²) in [6, 6.07) is 37.0. The number of aliphatic hydroxyl groups excluding tert-OH is 1. The molecule has 4 nitrogen and oxygen atoms in total. The second-order valence-electron chi connectivity index (χ2n) is 11.4. The predicted octanol–water partition coefficient (Wildman–Crippen LogP) is 9.37. The normalized spacial score (nSPS) is 17.1. The summed E-state index contributed by atoms with van der Waals surface area (Å²) in [6.07, 6.45) is 2.07. The Morgan fingerprint density at radius 1 is 0.750 bits per heavy atom. The Morgan fingerprint density at radius 2 is 1.41 bits per heavy atom. The summed E-state index contributed by atoms with van der Waals surface area (Å²) < 4.78 is 13.4. The SMILES string of the molecule is Oc1cccc(-c2ccc([C@@H]3[C@@H](CCCC(O)c4ccc(F)cc4)CC(=S)N3c3ccc(-c4ccccc4)cc3)c(O)c2)c1. The third kappa shape index (κ3) is 6.37. The molecule has 3 N–H and O–H groups in total. The van der Waals surface area contributed by atoms with E-state index in [4.69, 9.17) is 12.2 Å². The maximum atomic E-state index is 13.4. The van der Waals surface area contributed by atoms with Crippen molar-refractivity contribution in [1.82, 2.24) is 0 Å². The topological polar surface area (TPSA) is 63.9 Å². The first kappa shape index (κ1) is 29.5. The predicted molar refractivity (Wildman–Crippen MR) is 178 cm³/mol. The van der Waals surface area contributed by atoms with Crippen LogP contribution in [0.4, 0.5) is 10.1 Å². The van der Waals surface area contributed by atoms with Crippen molar-refractivity contribution in [1.29, 1.82) is 0 Å². The average Bonchev–Trinajstić information content (AvgIpc) is 3.36. The number of halogens is 1. The van der Waals surface area contributed by atoms with Crippen LogP contribution in [0.25, 0.3) is 22.3 Å². The lowest BCUT2D eigenvalue weighted by Crippen LogP contribution is -2.28. The van der Waals surface area contributed by atoms with Gasteiger partial charge in [0.1, 0.15) is 17.3 Å². The van der Waals surface area contributed by atoms with Gasteiger partial charge in [-0.25, -0.2) is 4.39 Å². The molecule has 1 fully saturated rings. The molecule has 5 aromatic rings. The lowest BCUT2D eigenvalue weighted by Gasteiger charge is -2.31. The molecule has 6 rings (SSSR count). The number of aromatic hydroxyl groups is 2. The monoisotopic (exact) mass is 603 g/mol. The van der Waals surface area contributed by atoms with Crippen molar-refractivity contribution in [3.05, 3.63) is 138 Å². The molecule has 5 aromatic carbocycles. The van der Waals surface area contributed by atoms with Gasteiger partial charge in [-0.1, -0.05) is 97.5 Å². The van der Waals surface area contributed by atoms with Gasteiger partial charge in [-0.05, 0) is 89.0 Å². The van der Waals surface area contributed by atoms with E-state index >= 15 is 0 Å². The minimum absolute atomic E-state index is 0.106. The Labute approximate surface area is 262 Å². The Kier molecular flexibility index (Phi) is 8.73. The molecule has 44 heavy (non-hydrogen) atoms. The summed E-state index contributed by atoms with van der Waals surface area (Å²) in [5, 5.41) is 32.2. The van der Waals surface area contributed by atoms with Gasteiger partial charge in [0, 0.05) is 17.7 Å². The Balaban J connectivity index is 1.29. The molecule has 0 radical (unpaired) electrons. The van der Waals surface area contributed by atoms with Gasteiger partial charge in [0.2, 0.25) is 0 Å². The number of rotatable bonds is 9. The number of anilines is 1. The summed E-state index contributed by atoms with van der Waals surface area (Å²) in [5.41, 5.74) is 6.31. The molecule has 1 heterocycles. The highest BCUT2D eigenvalue weighted by Crippen LogP contribution is 2.47. The molecule has 0 saturated carbocycles. The zero-order valence-corrected chi connectivity index (χ0v) is 25.0. The average molecular weight is 604 g/mol. The molecular weight excluding hydrogens is 569 g/mol. The first-order valence-corrected chi connectivity index (χ1v) is 15.3. The van der Waals surface area contributed by atoms with Gasteiger partial charge in [-0.2, -0.15) is 0 Å². The van der Waals surface area contributed by atoms with Crippen LogP contribution in [0.2, 0.25) is 0 Å². The minimum atomic E-state index is -0.681. The number of aliphatic hydroxyl groups is 1. The number of thiocarbonyl (C=S) groups is 1. The lowest BCUT2D eigenvalue weighted by atomic mass is 9.87. The standard InChI is InChI=1S/C38H34FNO3S/c39-31-17-12-27(13-18-31)35(42)11-5-9-30-24-37(44)40(32-19-14-26(15-20-32)25-6-2-1-3-7-25)38(30)34-21-16-29(23-36(34)43)28-8-4-10-33(41)22-28/h1-4,6-8,10,12-23,30,35,38,41-43H,5,9,11,24H2/t30-,35?,38-/m0/s1. The molecule has 0 spiro atoms. The van der Waals surface area contributed by atoms with Gasteiger partial charge in [0.25, 0.3) is 0 Å². The van der Waals surface area contributed by atoms with Crippen LogP contribution < -0.4 is 4.90 Å². The van der Waals surface area contributed by atoms with Crippen molar-refractivity contribution < 1.29 is 19.7 Å². The molecule has 222 valence electrons. The number of phenolic OH excluding ortho intramolecular Hbond substituents is 2. The van der Waals surface area contributed by atoms with Crippen LogP contribution in [-0.2, 0) is 0 Å². The maximum Gasteiger partial charge on any atom is 0.123 e. The highest BCUT2D eigenvalue weighted by molar-refractivity contribution is 7.80. The van der Waals surface area contributed by atoms with Gasteiger partial charge in [-0.15, -0.1) is 0 Å². The summed E-state index contributed by atoms with van der Waals surface area (Å²) >= 11 is 5.99. The van der Waals surface area contributed by atoms with Crippen molar-refractivity contribution >= 4 is 22.9 Å². The summed E-state index contributed by atoms with van der Waals surface area (Å²) in [7, 11) is 0. The smallest absolute Gasteiger partial charge is 0.123 e. The van der Waals surface area contributed by atoms with E-state index in [1.165, 1.54) is 12.1 Å². The number of nitrogens with zero attached hydrogens (tertiary/aromatic N) is 1. The van der Waals surface area contributed by atoms with E-state index in [9.17, 15) is 19.7 Å². The Bertz CT molecular complexity index is 1740. The summed E-state index contributed by atoms with van der Waals surface area (Å²) in [5.74, 6) is 0.118. The molecular formula is C38H34FNO3S. The Hall–Kier alpha value is -4.52. The van der Waals surface area contributed by atoms with E-state index in [1.807, 2.05) is 36.4 Å². The van der Waals surface area contributed by atoms with Crippen LogP contribution in [0.15, 0.2) is 121 Å². The molecule has 0 aliphatic carbocycles. The largest absolute Gasteiger partial charge is 0.508 e. The van der Waals surface area contributed by atoms with Gasteiger partial charge in [0.15, 0.2) is 0 Å². The zero-order valence-electron chi connectivity index (χ0n) is 24.2.